The molecule has 24 heavy (non-hydrogen) atoms. The Labute approximate surface area is 146 Å². The highest BCUT2D eigenvalue weighted by Gasteiger charge is 2.13. The van der Waals surface area contributed by atoms with Crippen LogP contribution in [-0.2, 0) is 16.0 Å². The number of benzene rings is 1. The lowest BCUT2D eigenvalue weighted by Crippen LogP contribution is -2.31. The van der Waals surface area contributed by atoms with Gasteiger partial charge in [-0.3, -0.25) is 14.9 Å². The molecule has 0 unspecified atom stereocenters. The van der Waals surface area contributed by atoms with Crippen LogP contribution in [0.25, 0.3) is 6.08 Å². The zero-order chi connectivity index (χ0) is 17.4. The number of carbonyl (C=O) groups excluding carboxylic acids is 2. The Bertz CT molecular complexity index is 706. The number of thiazole rings is 1. The standard InChI is InChI=1S/C18H21N3O2S/c1-3-21(4-2)17(23)12-15-13-24-18(19-15)20-16(22)11-10-14-8-6-5-7-9-14/h5-11,13H,3-4,12H2,1-2H3,(H,19,20,22)/b11-10+. The quantitative estimate of drug-likeness (QED) is 0.785. The van der Waals surface area contributed by atoms with E-state index in [1.54, 1.807) is 16.4 Å². The van der Waals surface area contributed by atoms with Gasteiger partial charge in [-0.1, -0.05) is 30.3 Å². The Morgan fingerprint density at radius 1 is 1.21 bits per heavy atom. The maximum atomic E-state index is 12.1. The highest BCUT2D eigenvalue weighted by Crippen LogP contribution is 2.16. The Balaban J connectivity index is 1.90. The SMILES string of the molecule is CCN(CC)C(=O)Cc1csc(NC(=O)/C=C/c2ccccc2)n1. The lowest BCUT2D eigenvalue weighted by Gasteiger charge is -2.17. The van der Waals surface area contributed by atoms with Gasteiger partial charge in [-0.05, 0) is 25.5 Å². The maximum Gasteiger partial charge on any atom is 0.250 e. The molecule has 126 valence electrons. The molecule has 0 spiro atoms. The van der Waals surface area contributed by atoms with E-state index in [0.29, 0.717) is 23.9 Å². The van der Waals surface area contributed by atoms with Gasteiger partial charge in [-0.25, -0.2) is 4.98 Å². The summed E-state index contributed by atoms with van der Waals surface area (Å²) in [5.41, 5.74) is 1.64. The fourth-order valence-electron chi connectivity index (χ4n) is 2.17. The minimum absolute atomic E-state index is 0.0483. The van der Waals surface area contributed by atoms with E-state index in [2.05, 4.69) is 10.3 Å². The molecule has 0 fully saturated rings. The summed E-state index contributed by atoms with van der Waals surface area (Å²) in [6, 6.07) is 9.59. The number of carbonyl (C=O) groups is 2. The Hall–Kier alpha value is -2.47. The van der Waals surface area contributed by atoms with Crippen molar-refractivity contribution in [3.05, 3.63) is 53.0 Å². The number of rotatable bonds is 7. The number of hydrogen-bond donors (Lipinski definition) is 1. The highest BCUT2D eigenvalue weighted by molar-refractivity contribution is 7.14. The Morgan fingerprint density at radius 2 is 1.92 bits per heavy atom. The van der Waals surface area contributed by atoms with Crippen LogP contribution in [0.4, 0.5) is 5.13 Å². The fourth-order valence-corrected chi connectivity index (χ4v) is 2.88. The minimum atomic E-state index is -0.241. The van der Waals surface area contributed by atoms with E-state index >= 15 is 0 Å². The number of hydrogen-bond acceptors (Lipinski definition) is 4. The van der Waals surface area contributed by atoms with Crippen molar-refractivity contribution in [3.8, 4) is 0 Å². The first kappa shape index (κ1) is 17.9. The second-order valence-electron chi connectivity index (χ2n) is 5.12. The van der Waals surface area contributed by atoms with Crippen molar-refractivity contribution in [1.82, 2.24) is 9.88 Å². The number of likely N-dealkylation sites (N-methyl/N-ethyl adjacent to an activating group) is 1. The summed E-state index contributed by atoms with van der Waals surface area (Å²) in [7, 11) is 0. The van der Waals surface area contributed by atoms with E-state index in [1.807, 2.05) is 44.2 Å². The first-order chi connectivity index (χ1) is 11.6. The monoisotopic (exact) mass is 343 g/mol. The molecule has 0 aliphatic rings. The van der Waals surface area contributed by atoms with Crippen LogP contribution >= 0.6 is 11.3 Å². The van der Waals surface area contributed by atoms with E-state index in [1.165, 1.54) is 17.4 Å². The summed E-state index contributed by atoms with van der Waals surface area (Å²) in [5, 5.41) is 5.02. The van der Waals surface area contributed by atoms with Gasteiger partial charge in [-0.15, -0.1) is 11.3 Å². The first-order valence-electron chi connectivity index (χ1n) is 7.88. The van der Waals surface area contributed by atoms with E-state index in [9.17, 15) is 9.59 Å². The summed E-state index contributed by atoms with van der Waals surface area (Å²) in [4.78, 5) is 30.0. The largest absolute Gasteiger partial charge is 0.343 e. The third-order valence-electron chi connectivity index (χ3n) is 3.46. The lowest BCUT2D eigenvalue weighted by atomic mass is 10.2. The van der Waals surface area contributed by atoms with Crippen molar-refractivity contribution in [2.45, 2.75) is 20.3 Å². The fraction of sp³-hybridized carbons (Fsp3) is 0.278. The molecule has 0 atom stereocenters. The number of anilines is 1. The molecule has 0 radical (unpaired) electrons. The number of nitrogens with zero attached hydrogens (tertiary/aromatic N) is 2. The zero-order valence-electron chi connectivity index (χ0n) is 13.9. The van der Waals surface area contributed by atoms with Crippen molar-refractivity contribution < 1.29 is 9.59 Å². The first-order valence-corrected chi connectivity index (χ1v) is 8.76. The molecule has 0 aliphatic carbocycles. The third-order valence-corrected chi connectivity index (χ3v) is 4.26. The minimum Gasteiger partial charge on any atom is -0.343 e. The molecule has 2 aromatic rings. The molecule has 2 amide bonds. The van der Waals surface area contributed by atoms with Crippen LogP contribution in [0.5, 0.6) is 0 Å². The molecule has 6 heteroatoms. The summed E-state index contributed by atoms with van der Waals surface area (Å²) >= 11 is 1.32. The molecule has 2 rings (SSSR count). The van der Waals surface area contributed by atoms with Gasteiger partial charge in [0, 0.05) is 24.5 Å². The predicted molar refractivity (Wildman–Crippen MR) is 97.9 cm³/mol. The van der Waals surface area contributed by atoms with Gasteiger partial charge in [0.25, 0.3) is 0 Å². The molecular formula is C18H21N3O2S. The summed E-state index contributed by atoms with van der Waals surface area (Å²) < 4.78 is 0. The number of aromatic nitrogens is 1. The Kier molecular flexibility index (Phi) is 6.69. The topological polar surface area (TPSA) is 62.3 Å². The van der Waals surface area contributed by atoms with Crippen LogP contribution < -0.4 is 5.32 Å². The lowest BCUT2D eigenvalue weighted by molar-refractivity contribution is -0.130. The summed E-state index contributed by atoms with van der Waals surface area (Å²) in [6.07, 6.45) is 3.47. The van der Waals surface area contributed by atoms with Crippen LogP contribution in [0.15, 0.2) is 41.8 Å². The molecule has 1 N–H and O–H groups in total. The predicted octanol–water partition coefficient (Wildman–Crippen LogP) is 3.21. The molecule has 5 nitrogen and oxygen atoms in total. The Morgan fingerprint density at radius 3 is 2.58 bits per heavy atom. The smallest absolute Gasteiger partial charge is 0.250 e. The van der Waals surface area contributed by atoms with Gasteiger partial charge in [0.05, 0.1) is 12.1 Å². The van der Waals surface area contributed by atoms with Gasteiger partial charge in [-0.2, -0.15) is 0 Å². The molecule has 0 saturated carbocycles. The van der Waals surface area contributed by atoms with Crippen LogP contribution in [-0.4, -0.2) is 34.8 Å². The van der Waals surface area contributed by atoms with Crippen molar-refractivity contribution in [2.24, 2.45) is 0 Å². The third kappa shape index (κ3) is 5.31. The van der Waals surface area contributed by atoms with Crippen LogP contribution in [0.2, 0.25) is 0 Å². The van der Waals surface area contributed by atoms with Crippen LogP contribution in [0.1, 0.15) is 25.1 Å². The second kappa shape index (κ2) is 8.98. The molecule has 1 heterocycles. The van der Waals surface area contributed by atoms with Crippen molar-refractivity contribution in [3.63, 3.8) is 0 Å². The van der Waals surface area contributed by atoms with Crippen LogP contribution in [0, 0.1) is 0 Å². The average molecular weight is 343 g/mol. The zero-order valence-corrected chi connectivity index (χ0v) is 14.7. The van der Waals surface area contributed by atoms with Gasteiger partial charge in [0.15, 0.2) is 5.13 Å². The van der Waals surface area contributed by atoms with Crippen molar-refractivity contribution in [1.29, 1.82) is 0 Å². The number of amides is 2. The van der Waals surface area contributed by atoms with Gasteiger partial charge in [0.1, 0.15) is 0 Å². The van der Waals surface area contributed by atoms with Crippen LogP contribution in [0.3, 0.4) is 0 Å². The van der Waals surface area contributed by atoms with E-state index in [0.717, 1.165) is 5.56 Å². The second-order valence-corrected chi connectivity index (χ2v) is 5.98. The van der Waals surface area contributed by atoms with E-state index in [-0.39, 0.29) is 18.2 Å². The molecule has 1 aromatic carbocycles. The molecular weight excluding hydrogens is 322 g/mol. The van der Waals surface area contributed by atoms with E-state index in [4.69, 9.17) is 0 Å². The molecule has 0 bridgehead atoms. The van der Waals surface area contributed by atoms with Crippen molar-refractivity contribution in [2.75, 3.05) is 18.4 Å². The molecule has 0 aliphatic heterocycles. The normalized spacial score (nSPS) is 10.8. The van der Waals surface area contributed by atoms with Gasteiger partial charge >= 0.3 is 0 Å². The average Bonchev–Trinajstić information content (AvgIpc) is 3.02. The number of nitrogens with one attached hydrogen (secondary N) is 1. The van der Waals surface area contributed by atoms with Crippen molar-refractivity contribution >= 4 is 34.4 Å². The molecule has 1 aromatic heterocycles. The van der Waals surface area contributed by atoms with Gasteiger partial charge < -0.3 is 4.90 Å². The van der Waals surface area contributed by atoms with E-state index < -0.39 is 0 Å². The molecule has 0 saturated heterocycles. The maximum absolute atomic E-state index is 12.1. The summed E-state index contributed by atoms with van der Waals surface area (Å²) in [6.45, 7) is 5.28. The summed E-state index contributed by atoms with van der Waals surface area (Å²) in [5.74, 6) is -0.193. The van der Waals surface area contributed by atoms with Gasteiger partial charge in [0.2, 0.25) is 11.8 Å². The highest BCUT2D eigenvalue weighted by atomic mass is 32.1.